The summed E-state index contributed by atoms with van der Waals surface area (Å²) in [7, 11) is 2.85. The van der Waals surface area contributed by atoms with Gasteiger partial charge in [-0.2, -0.15) is 0 Å². The van der Waals surface area contributed by atoms with Gasteiger partial charge in [0.05, 0.1) is 38.5 Å². The highest BCUT2D eigenvalue weighted by Crippen LogP contribution is 2.21. The molecule has 1 atom stereocenters. The van der Waals surface area contributed by atoms with E-state index in [9.17, 15) is 9.59 Å². The maximum atomic E-state index is 12.9. The number of esters is 1. The molecule has 0 bridgehead atoms. The molecule has 24 heavy (non-hydrogen) atoms. The molecule has 0 fully saturated rings. The molecular weight excluding hydrogens is 310 g/mol. The number of hydrogen-bond acceptors (Lipinski definition) is 5. The molecule has 0 aliphatic carbocycles. The van der Waals surface area contributed by atoms with Crippen molar-refractivity contribution in [2.75, 3.05) is 20.8 Å². The summed E-state index contributed by atoms with van der Waals surface area (Å²) in [6, 6.07) is 10.5. The lowest BCUT2D eigenvalue weighted by molar-refractivity contribution is -0.145. The van der Waals surface area contributed by atoms with Crippen LogP contribution < -0.4 is 4.74 Å². The van der Waals surface area contributed by atoms with Gasteiger partial charge < -0.3 is 18.8 Å². The average molecular weight is 331 g/mol. The maximum absolute atomic E-state index is 12.9. The van der Waals surface area contributed by atoms with Crippen LogP contribution in [0.2, 0.25) is 0 Å². The minimum atomic E-state index is -0.455. The van der Waals surface area contributed by atoms with E-state index < -0.39 is 5.92 Å². The van der Waals surface area contributed by atoms with E-state index in [1.807, 2.05) is 0 Å². The first-order valence-corrected chi connectivity index (χ1v) is 7.59. The lowest BCUT2D eigenvalue weighted by Crippen LogP contribution is -2.37. The molecule has 0 saturated carbocycles. The monoisotopic (exact) mass is 331 g/mol. The normalized spacial score (nSPS) is 11.6. The molecule has 1 heterocycles. The topological polar surface area (TPSA) is 69.0 Å². The van der Waals surface area contributed by atoms with E-state index in [0.29, 0.717) is 17.1 Å². The maximum Gasteiger partial charge on any atom is 0.310 e. The van der Waals surface area contributed by atoms with Gasteiger partial charge in [-0.1, -0.05) is 19.1 Å². The number of carbonyl (C=O) groups is 2. The molecule has 2 rings (SSSR count). The van der Waals surface area contributed by atoms with Crippen LogP contribution in [-0.4, -0.2) is 37.5 Å². The largest absolute Gasteiger partial charge is 0.496 e. The Kier molecular flexibility index (Phi) is 6.01. The first kappa shape index (κ1) is 17.6. The highest BCUT2D eigenvalue weighted by Gasteiger charge is 2.25. The summed E-state index contributed by atoms with van der Waals surface area (Å²) in [5.74, 6) is 0.0588. The molecule has 6 heteroatoms. The standard InChI is InChI=1S/C18H21NO5/c1-13(18(21)23-3)11-19(12-14-7-6-10-24-14)17(20)15-8-4-5-9-16(15)22-2/h4-10,13H,11-12H2,1-3H3. The van der Waals surface area contributed by atoms with Crippen LogP contribution in [0, 0.1) is 5.92 Å². The molecule has 0 spiro atoms. The molecule has 0 aliphatic rings. The Hall–Kier alpha value is -2.76. The van der Waals surface area contributed by atoms with Crippen molar-refractivity contribution >= 4 is 11.9 Å². The van der Waals surface area contributed by atoms with Gasteiger partial charge in [0, 0.05) is 6.54 Å². The van der Waals surface area contributed by atoms with E-state index in [4.69, 9.17) is 13.9 Å². The van der Waals surface area contributed by atoms with Crippen LogP contribution in [0.4, 0.5) is 0 Å². The van der Waals surface area contributed by atoms with Gasteiger partial charge >= 0.3 is 5.97 Å². The van der Waals surface area contributed by atoms with Crippen molar-refractivity contribution in [2.45, 2.75) is 13.5 Å². The van der Waals surface area contributed by atoms with Gasteiger partial charge in [-0.15, -0.1) is 0 Å². The average Bonchev–Trinajstić information content (AvgIpc) is 3.12. The second-order valence-electron chi connectivity index (χ2n) is 5.39. The lowest BCUT2D eigenvalue weighted by atomic mass is 10.1. The number of benzene rings is 1. The number of hydrogen-bond donors (Lipinski definition) is 0. The van der Waals surface area contributed by atoms with E-state index in [1.54, 1.807) is 54.5 Å². The van der Waals surface area contributed by atoms with Gasteiger partial charge in [-0.25, -0.2) is 0 Å². The SMILES string of the molecule is COC(=O)C(C)CN(Cc1ccco1)C(=O)c1ccccc1OC. The molecule has 6 nitrogen and oxygen atoms in total. The Morgan fingerprint density at radius 3 is 2.54 bits per heavy atom. The summed E-state index contributed by atoms with van der Waals surface area (Å²) in [4.78, 5) is 26.2. The number of amides is 1. The van der Waals surface area contributed by atoms with Crippen molar-refractivity contribution in [3.8, 4) is 5.75 Å². The quantitative estimate of drug-likeness (QED) is 0.730. The van der Waals surface area contributed by atoms with Crippen LogP contribution in [0.15, 0.2) is 47.1 Å². The van der Waals surface area contributed by atoms with Crippen molar-refractivity contribution in [2.24, 2.45) is 5.92 Å². The zero-order valence-corrected chi connectivity index (χ0v) is 14.0. The second kappa shape index (κ2) is 8.19. The second-order valence-corrected chi connectivity index (χ2v) is 5.39. The van der Waals surface area contributed by atoms with E-state index >= 15 is 0 Å². The van der Waals surface area contributed by atoms with Crippen molar-refractivity contribution in [1.29, 1.82) is 0 Å². The Morgan fingerprint density at radius 2 is 1.92 bits per heavy atom. The van der Waals surface area contributed by atoms with Crippen LogP contribution >= 0.6 is 0 Å². The Bertz CT molecular complexity index is 680. The fourth-order valence-corrected chi connectivity index (χ4v) is 2.41. The number of nitrogens with zero attached hydrogens (tertiary/aromatic N) is 1. The molecule has 1 unspecified atom stereocenters. The molecule has 2 aromatic rings. The fourth-order valence-electron chi connectivity index (χ4n) is 2.41. The van der Waals surface area contributed by atoms with Gasteiger partial charge in [0.15, 0.2) is 0 Å². The zero-order chi connectivity index (χ0) is 17.5. The summed E-state index contributed by atoms with van der Waals surface area (Å²) in [6.45, 7) is 2.19. The summed E-state index contributed by atoms with van der Waals surface area (Å²) < 4.78 is 15.3. The Morgan fingerprint density at radius 1 is 1.17 bits per heavy atom. The van der Waals surface area contributed by atoms with E-state index in [1.165, 1.54) is 14.2 Å². The molecule has 128 valence electrons. The van der Waals surface area contributed by atoms with E-state index in [-0.39, 0.29) is 25.0 Å². The predicted octanol–water partition coefficient (Wildman–Crippen LogP) is 2.74. The molecule has 0 aliphatic heterocycles. The van der Waals surface area contributed by atoms with Crippen LogP contribution in [0.25, 0.3) is 0 Å². The van der Waals surface area contributed by atoms with E-state index in [0.717, 1.165) is 0 Å². The number of ether oxygens (including phenoxy) is 2. The van der Waals surface area contributed by atoms with Crippen LogP contribution in [-0.2, 0) is 16.1 Å². The van der Waals surface area contributed by atoms with Crippen LogP contribution in [0.1, 0.15) is 23.0 Å². The third kappa shape index (κ3) is 4.16. The third-order valence-electron chi connectivity index (χ3n) is 3.65. The van der Waals surface area contributed by atoms with Crippen LogP contribution in [0.3, 0.4) is 0 Å². The van der Waals surface area contributed by atoms with Crippen molar-refractivity contribution in [3.05, 3.63) is 54.0 Å². The molecule has 1 aromatic heterocycles. The first-order chi connectivity index (χ1) is 11.6. The molecular formula is C18H21NO5. The summed E-state index contributed by atoms with van der Waals surface area (Å²) >= 11 is 0. The lowest BCUT2D eigenvalue weighted by Gasteiger charge is -2.25. The van der Waals surface area contributed by atoms with Gasteiger partial charge in [0.1, 0.15) is 11.5 Å². The summed E-state index contributed by atoms with van der Waals surface area (Å²) in [6.07, 6.45) is 1.55. The zero-order valence-electron chi connectivity index (χ0n) is 14.0. The molecule has 1 aromatic carbocycles. The van der Waals surface area contributed by atoms with E-state index in [2.05, 4.69) is 0 Å². The minimum Gasteiger partial charge on any atom is -0.496 e. The van der Waals surface area contributed by atoms with Gasteiger partial charge in [0.2, 0.25) is 0 Å². The highest BCUT2D eigenvalue weighted by atomic mass is 16.5. The van der Waals surface area contributed by atoms with Gasteiger partial charge in [0.25, 0.3) is 5.91 Å². The van der Waals surface area contributed by atoms with Crippen molar-refractivity contribution in [3.63, 3.8) is 0 Å². The molecule has 1 amide bonds. The van der Waals surface area contributed by atoms with Crippen molar-refractivity contribution < 1.29 is 23.5 Å². The Balaban J connectivity index is 2.26. The molecule has 0 saturated heterocycles. The molecule has 0 N–H and O–H groups in total. The third-order valence-corrected chi connectivity index (χ3v) is 3.65. The predicted molar refractivity (Wildman–Crippen MR) is 87.6 cm³/mol. The van der Waals surface area contributed by atoms with Crippen molar-refractivity contribution in [1.82, 2.24) is 4.90 Å². The number of para-hydroxylation sites is 1. The van der Waals surface area contributed by atoms with Gasteiger partial charge in [-0.05, 0) is 24.3 Å². The number of carbonyl (C=O) groups excluding carboxylic acids is 2. The summed E-state index contributed by atoms with van der Waals surface area (Å²) in [5.41, 5.74) is 0.434. The fraction of sp³-hybridized carbons (Fsp3) is 0.333. The minimum absolute atomic E-state index is 0.213. The number of methoxy groups -OCH3 is 2. The summed E-state index contributed by atoms with van der Waals surface area (Å²) in [5, 5.41) is 0. The van der Waals surface area contributed by atoms with Gasteiger partial charge in [-0.3, -0.25) is 9.59 Å². The molecule has 0 radical (unpaired) electrons. The first-order valence-electron chi connectivity index (χ1n) is 7.59. The number of rotatable bonds is 7. The highest BCUT2D eigenvalue weighted by molar-refractivity contribution is 5.97. The van der Waals surface area contributed by atoms with Crippen LogP contribution in [0.5, 0.6) is 5.75 Å². The Labute approximate surface area is 141 Å². The smallest absolute Gasteiger partial charge is 0.310 e. The number of furan rings is 1.